The summed E-state index contributed by atoms with van der Waals surface area (Å²) in [5, 5.41) is 34.8. The molecule has 0 radical (unpaired) electrons. The Morgan fingerprint density at radius 1 is 0.278 bits per heavy atom. The van der Waals surface area contributed by atoms with Crippen LogP contribution in [0.1, 0.15) is 122 Å². The van der Waals surface area contributed by atoms with E-state index in [-0.39, 0.29) is 21.7 Å². The maximum Gasteiger partial charge on any atom is 0.166 e. The van der Waals surface area contributed by atoms with Gasteiger partial charge in [0, 0.05) is 38.2 Å². The Morgan fingerprint density at radius 3 is 0.867 bits per heavy atom. The lowest BCUT2D eigenvalue weighted by Crippen LogP contribution is -2.10. The van der Waals surface area contributed by atoms with E-state index in [1.807, 2.05) is 60.7 Å². The van der Waals surface area contributed by atoms with E-state index in [0.717, 1.165) is 105 Å². The van der Waals surface area contributed by atoms with Crippen molar-refractivity contribution < 1.29 is 0 Å². The number of rotatable bonds is 8. The first-order valence-corrected chi connectivity index (χ1v) is 30.8. The predicted molar refractivity (Wildman–Crippen MR) is 370 cm³/mol. The SMILES string of the molecule is CC(C)(C)c1ccc2c(c1)c1cc(C(C)(C)C)ccc1n2-c1cc(-c2cccc(C#N)c2)ccc1-c1nc(-c2ccc(-c3cccc(C#N)c3)cc2)nc(-c2ccc(-c3cccc(C#N)c3)cc2-n2c3ccc(C(C)(C)C)cc3c3cc(C(C)(C)C)ccc32)n1. The monoisotopic (exact) mass is 1170 g/mol. The number of benzene rings is 10. The van der Waals surface area contributed by atoms with E-state index in [1.165, 1.54) is 22.3 Å². The molecule has 0 aliphatic heterocycles. The molecule has 438 valence electrons. The third-order valence-electron chi connectivity index (χ3n) is 17.7. The lowest BCUT2D eigenvalue weighted by molar-refractivity contribution is 0.590. The Balaban J connectivity index is 1.14. The number of nitriles is 3. The van der Waals surface area contributed by atoms with Crippen molar-refractivity contribution in [1.29, 1.82) is 15.8 Å². The maximum absolute atomic E-state index is 10.2. The molecule has 0 spiro atoms. The van der Waals surface area contributed by atoms with Gasteiger partial charge >= 0.3 is 0 Å². The zero-order chi connectivity index (χ0) is 63.2. The third-order valence-corrected chi connectivity index (χ3v) is 17.7. The van der Waals surface area contributed by atoms with Crippen LogP contribution in [0, 0.1) is 34.0 Å². The van der Waals surface area contributed by atoms with Gasteiger partial charge in [-0.3, -0.25) is 0 Å². The fourth-order valence-corrected chi connectivity index (χ4v) is 12.5. The molecule has 0 unspecified atom stereocenters. The molecule has 0 amide bonds. The standard InChI is InChI=1S/C82H70N8/c1-79(2,3)60-28-34-70-66(43-60)67-44-61(80(4,5)6)29-35-71(67)89(70)74-41-58(56-20-14-17-51(39-56)48-84)26-32-64(74)77-86-76(54-24-22-53(23-25-54)55-19-13-16-50(38-55)47-83)87-78(88-77)65-33-27-59(57-21-15-18-52(40-57)49-85)42-75(65)90-72-36-30-62(81(7,8)9)45-68(72)69-46-63(82(10,11)12)31-37-73(69)90/h13-46H,1-12H3. The van der Waals surface area contributed by atoms with Gasteiger partial charge in [-0.1, -0.05) is 180 Å². The molecule has 0 aliphatic carbocycles. The van der Waals surface area contributed by atoms with Crippen molar-refractivity contribution in [3.63, 3.8) is 0 Å². The van der Waals surface area contributed by atoms with Gasteiger partial charge in [-0.15, -0.1) is 0 Å². The van der Waals surface area contributed by atoms with E-state index in [4.69, 9.17) is 15.0 Å². The smallest absolute Gasteiger partial charge is 0.166 e. The molecular formula is C82H70N8. The van der Waals surface area contributed by atoms with Crippen molar-refractivity contribution in [2.75, 3.05) is 0 Å². The summed E-state index contributed by atoms with van der Waals surface area (Å²) >= 11 is 0. The summed E-state index contributed by atoms with van der Waals surface area (Å²) in [6, 6.07) is 78.9. The molecule has 3 heterocycles. The molecule has 3 aromatic heterocycles. The first-order chi connectivity index (χ1) is 42.9. The molecular weight excluding hydrogens is 1100 g/mol. The van der Waals surface area contributed by atoms with Crippen LogP contribution in [-0.2, 0) is 21.7 Å². The normalized spacial score (nSPS) is 12.2. The second-order valence-electron chi connectivity index (χ2n) is 28.0. The largest absolute Gasteiger partial charge is 0.308 e. The lowest BCUT2D eigenvalue weighted by atomic mass is 9.85. The van der Waals surface area contributed by atoms with E-state index in [0.29, 0.717) is 34.2 Å². The van der Waals surface area contributed by atoms with Gasteiger partial charge in [0.25, 0.3) is 0 Å². The highest BCUT2D eigenvalue weighted by Gasteiger charge is 2.28. The average molecular weight is 1170 g/mol. The first-order valence-electron chi connectivity index (χ1n) is 30.8. The maximum atomic E-state index is 10.2. The Kier molecular flexibility index (Phi) is 14.2. The van der Waals surface area contributed by atoms with Crippen LogP contribution >= 0.6 is 0 Å². The van der Waals surface area contributed by atoms with Crippen LogP contribution in [0.4, 0.5) is 0 Å². The number of hydrogen-bond acceptors (Lipinski definition) is 6. The van der Waals surface area contributed by atoms with E-state index < -0.39 is 0 Å². The molecule has 0 aliphatic rings. The minimum absolute atomic E-state index is 0.112. The molecule has 8 heteroatoms. The van der Waals surface area contributed by atoms with Gasteiger partial charge in [0.1, 0.15) is 0 Å². The number of nitrogens with zero attached hydrogens (tertiary/aromatic N) is 8. The van der Waals surface area contributed by atoms with Gasteiger partial charge in [-0.05, 0) is 186 Å². The highest BCUT2D eigenvalue weighted by atomic mass is 15.1. The zero-order valence-corrected chi connectivity index (χ0v) is 53.2. The fraction of sp³-hybridized carbons (Fsp3) is 0.195. The fourth-order valence-electron chi connectivity index (χ4n) is 12.5. The molecule has 0 saturated heterocycles. The van der Waals surface area contributed by atoms with Crippen LogP contribution in [0.3, 0.4) is 0 Å². The Labute approximate surface area is 527 Å². The quantitative estimate of drug-likeness (QED) is 0.149. The number of aromatic nitrogens is 5. The van der Waals surface area contributed by atoms with Crippen LogP contribution in [0.15, 0.2) is 206 Å². The summed E-state index contributed by atoms with van der Waals surface area (Å²) in [6.45, 7) is 27.2. The molecule has 0 atom stereocenters. The van der Waals surface area contributed by atoms with Crippen molar-refractivity contribution in [2.45, 2.75) is 105 Å². The lowest BCUT2D eigenvalue weighted by Gasteiger charge is -2.20. The van der Waals surface area contributed by atoms with E-state index in [1.54, 1.807) is 0 Å². The van der Waals surface area contributed by atoms with Crippen LogP contribution < -0.4 is 0 Å². The summed E-state index contributed by atoms with van der Waals surface area (Å²) in [5.74, 6) is 1.40. The molecule has 0 fully saturated rings. The Bertz CT molecular complexity index is 4780. The molecule has 90 heavy (non-hydrogen) atoms. The van der Waals surface area contributed by atoms with Crippen molar-refractivity contribution >= 4 is 43.6 Å². The summed E-state index contributed by atoms with van der Waals surface area (Å²) in [5.41, 5.74) is 20.0. The predicted octanol–water partition coefficient (Wildman–Crippen LogP) is 20.9. The van der Waals surface area contributed by atoms with Gasteiger partial charge in [-0.25, -0.2) is 15.0 Å². The molecule has 0 N–H and O–H groups in total. The summed E-state index contributed by atoms with van der Waals surface area (Å²) in [4.78, 5) is 16.9. The minimum atomic E-state index is -0.112. The van der Waals surface area contributed by atoms with Gasteiger partial charge in [-0.2, -0.15) is 15.8 Å². The Hall–Kier alpha value is -10.7. The highest BCUT2D eigenvalue weighted by molar-refractivity contribution is 6.12. The molecule has 0 saturated carbocycles. The van der Waals surface area contributed by atoms with Gasteiger partial charge < -0.3 is 9.13 Å². The van der Waals surface area contributed by atoms with Crippen molar-refractivity contribution in [1.82, 2.24) is 24.1 Å². The number of fused-ring (bicyclic) bond motifs is 6. The Morgan fingerprint density at radius 2 is 0.556 bits per heavy atom. The summed E-state index contributed by atoms with van der Waals surface area (Å²) < 4.78 is 4.74. The molecule has 13 aromatic rings. The second-order valence-corrected chi connectivity index (χ2v) is 28.0. The minimum Gasteiger partial charge on any atom is -0.308 e. The van der Waals surface area contributed by atoms with E-state index in [9.17, 15) is 15.8 Å². The van der Waals surface area contributed by atoms with Crippen LogP contribution in [0.5, 0.6) is 0 Å². The molecule has 0 bridgehead atoms. The second kappa shape index (κ2) is 21.8. The van der Waals surface area contributed by atoms with Crippen LogP contribution in [0.25, 0.3) is 123 Å². The van der Waals surface area contributed by atoms with Gasteiger partial charge in [0.2, 0.25) is 0 Å². The van der Waals surface area contributed by atoms with Crippen molar-refractivity contribution in [3.05, 3.63) is 245 Å². The molecule has 8 nitrogen and oxygen atoms in total. The zero-order valence-electron chi connectivity index (χ0n) is 53.2. The van der Waals surface area contributed by atoms with E-state index >= 15 is 0 Å². The molecule has 10 aromatic carbocycles. The van der Waals surface area contributed by atoms with Gasteiger partial charge in [0.15, 0.2) is 17.5 Å². The topological polar surface area (TPSA) is 120 Å². The average Bonchev–Trinajstić information content (AvgIpc) is 1.56. The van der Waals surface area contributed by atoms with Gasteiger partial charge in [0.05, 0.1) is 68.3 Å². The van der Waals surface area contributed by atoms with Crippen LogP contribution in [0.2, 0.25) is 0 Å². The summed E-state index contributed by atoms with van der Waals surface area (Å²) in [7, 11) is 0. The summed E-state index contributed by atoms with van der Waals surface area (Å²) in [6.07, 6.45) is 0. The van der Waals surface area contributed by atoms with E-state index in [2.05, 4.69) is 256 Å². The first kappa shape index (κ1) is 58.3. The highest BCUT2D eigenvalue weighted by Crippen LogP contribution is 2.45. The van der Waals surface area contributed by atoms with Crippen molar-refractivity contribution in [2.24, 2.45) is 0 Å². The molecule has 13 rings (SSSR count). The van der Waals surface area contributed by atoms with Crippen molar-refractivity contribution in [3.8, 4) is 97.1 Å². The number of hydrogen-bond donors (Lipinski definition) is 0. The van der Waals surface area contributed by atoms with Crippen LogP contribution in [-0.4, -0.2) is 24.1 Å². The third kappa shape index (κ3) is 10.7.